The van der Waals surface area contributed by atoms with Crippen molar-refractivity contribution in [2.45, 2.75) is 31.8 Å². The predicted octanol–water partition coefficient (Wildman–Crippen LogP) is 2.84. The number of fused-ring (bicyclic) bond motifs is 1. The van der Waals surface area contributed by atoms with Crippen LogP contribution in [0.5, 0.6) is 0 Å². The van der Waals surface area contributed by atoms with E-state index in [1.54, 1.807) is 6.07 Å². The van der Waals surface area contributed by atoms with Gasteiger partial charge in [0, 0.05) is 19.8 Å². The van der Waals surface area contributed by atoms with Crippen molar-refractivity contribution < 1.29 is 23.9 Å². The van der Waals surface area contributed by atoms with Gasteiger partial charge in [0.05, 0.1) is 0 Å². The number of aliphatic carboxylic acids is 1. The summed E-state index contributed by atoms with van der Waals surface area (Å²) in [6.07, 6.45) is -0.0290. The molecule has 0 aliphatic heterocycles. The standard InChI is InChI=1S/C24H23FN2O4/c1-15(28)26-21(14-19-8-4-5-9-20(19)25)23(29)27-22(24(30)31)13-16-10-11-17-6-2-3-7-18(17)12-16/h2-12,21-22H,13-14H2,1H3,(H,26,28)(H,27,29)(H,30,31)/t21-,22-/m1/s1. The van der Waals surface area contributed by atoms with Crippen LogP contribution in [-0.4, -0.2) is 35.0 Å². The lowest BCUT2D eigenvalue weighted by Gasteiger charge is -2.21. The van der Waals surface area contributed by atoms with Crippen LogP contribution in [0.1, 0.15) is 18.1 Å². The van der Waals surface area contributed by atoms with Gasteiger partial charge in [-0.05, 0) is 28.0 Å². The zero-order chi connectivity index (χ0) is 22.4. The molecule has 0 aliphatic rings. The molecule has 3 aromatic carbocycles. The lowest BCUT2D eigenvalue weighted by molar-refractivity contribution is -0.142. The van der Waals surface area contributed by atoms with Gasteiger partial charge in [-0.3, -0.25) is 9.59 Å². The summed E-state index contributed by atoms with van der Waals surface area (Å²) in [6.45, 7) is 1.24. The average Bonchev–Trinajstić information content (AvgIpc) is 2.73. The fourth-order valence-electron chi connectivity index (χ4n) is 3.41. The second kappa shape index (κ2) is 9.84. The first kappa shape index (κ1) is 22.0. The van der Waals surface area contributed by atoms with E-state index in [4.69, 9.17) is 0 Å². The highest BCUT2D eigenvalue weighted by molar-refractivity contribution is 5.90. The maximum Gasteiger partial charge on any atom is 0.326 e. The largest absolute Gasteiger partial charge is 0.480 e. The zero-order valence-corrected chi connectivity index (χ0v) is 17.0. The summed E-state index contributed by atoms with van der Waals surface area (Å²) in [6, 6.07) is 16.9. The van der Waals surface area contributed by atoms with E-state index >= 15 is 0 Å². The molecular weight excluding hydrogens is 399 g/mol. The third-order valence-electron chi connectivity index (χ3n) is 4.94. The first-order chi connectivity index (χ1) is 14.8. The molecule has 160 valence electrons. The molecule has 0 fully saturated rings. The van der Waals surface area contributed by atoms with Gasteiger partial charge in [0.1, 0.15) is 17.9 Å². The number of carboxylic acid groups (broad SMARTS) is 1. The summed E-state index contributed by atoms with van der Waals surface area (Å²) >= 11 is 0. The molecule has 0 aliphatic carbocycles. The molecule has 0 aromatic heterocycles. The minimum atomic E-state index is -1.20. The van der Waals surface area contributed by atoms with Crippen molar-refractivity contribution in [3.8, 4) is 0 Å². The topological polar surface area (TPSA) is 95.5 Å². The van der Waals surface area contributed by atoms with Crippen molar-refractivity contribution in [2.24, 2.45) is 0 Å². The normalized spacial score (nSPS) is 12.7. The van der Waals surface area contributed by atoms with Crippen LogP contribution in [0.15, 0.2) is 66.7 Å². The molecule has 0 unspecified atom stereocenters. The van der Waals surface area contributed by atoms with Gasteiger partial charge in [-0.15, -0.1) is 0 Å². The maximum absolute atomic E-state index is 14.0. The monoisotopic (exact) mass is 422 g/mol. The second-order valence-corrected chi connectivity index (χ2v) is 7.33. The molecule has 0 saturated carbocycles. The Kier molecular flexibility index (Phi) is 6.97. The maximum atomic E-state index is 14.0. The van der Waals surface area contributed by atoms with Crippen LogP contribution in [0.25, 0.3) is 10.8 Å². The van der Waals surface area contributed by atoms with Crippen LogP contribution in [0.4, 0.5) is 4.39 Å². The van der Waals surface area contributed by atoms with Crippen molar-refractivity contribution >= 4 is 28.6 Å². The molecule has 31 heavy (non-hydrogen) atoms. The lowest BCUT2D eigenvalue weighted by atomic mass is 10.0. The SMILES string of the molecule is CC(=O)N[C@H](Cc1ccccc1F)C(=O)N[C@H](Cc1ccc2ccccc2c1)C(=O)O. The third kappa shape index (κ3) is 5.88. The molecular formula is C24H23FN2O4. The van der Waals surface area contributed by atoms with Gasteiger partial charge >= 0.3 is 5.97 Å². The Labute approximate surface area is 179 Å². The Bertz CT molecular complexity index is 1120. The number of hydrogen-bond acceptors (Lipinski definition) is 3. The summed E-state index contributed by atoms with van der Waals surface area (Å²) in [5.41, 5.74) is 0.995. The minimum absolute atomic E-state index is 0.0679. The highest BCUT2D eigenvalue weighted by atomic mass is 19.1. The van der Waals surface area contributed by atoms with E-state index in [1.807, 2.05) is 42.5 Å². The number of carboxylic acids is 1. The van der Waals surface area contributed by atoms with Gasteiger partial charge in [0.15, 0.2) is 0 Å². The van der Waals surface area contributed by atoms with E-state index in [9.17, 15) is 23.9 Å². The van der Waals surface area contributed by atoms with Gasteiger partial charge in [-0.2, -0.15) is 0 Å². The first-order valence-electron chi connectivity index (χ1n) is 9.85. The molecule has 7 heteroatoms. The molecule has 3 rings (SSSR count). The summed E-state index contributed by atoms with van der Waals surface area (Å²) in [7, 11) is 0. The van der Waals surface area contributed by atoms with E-state index in [-0.39, 0.29) is 18.4 Å². The van der Waals surface area contributed by atoms with Gasteiger partial charge in [0.25, 0.3) is 0 Å². The number of halogens is 1. The molecule has 0 spiro atoms. The Balaban J connectivity index is 1.76. The summed E-state index contributed by atoms with van der Waals surface area (Å²) in [4.78, 5) is 36.2. The summed E-state index contributed by atoms with van der Waals surface area (Å²) in [5, 5.41) is 16.6. The molecule has 0 heterocycles. The second-order valence-electron chi connectivity index (χ2n) is 7.33. The number of carbonyl (C=O) groups excluding carboxylic acids is 2. The number of hydrogen-bond donors (Lipinski definition) is 3. The van der Waals surface area contributed by atoms with Crippen molar-refractivity contribution in [3.05, 3.63) is 83.7 Å². The Morgan fingerprint density at radius 3 is 2.23 bits per heavy atom. The van der Waals surface area contributed by atoms with Crippen LogP contribution >= 0.6 is 0 Å². The van der Waals surface area contributed by atoms with E-state index < -0.39 is 35.7 Å². The molecule has 3 N–H and O–H groups in total. The number of benzene rings is 3. The van der Waals surface area contributed by atoms with E-state index in [2.05, 4.69) is 10.6 Å². The summed E-state index contributed by atoms with van der Waals surface area (Å²) < 4.78 is 14.0. The van der Waals surface area contributed by atoms with Crippen molar-refractivity contribution in [3.63, 3.8) is 0 Å². The van der Waals surface area contributed by atoms with Crippen LogP contribution in [0.2, 0.25) is 0 Å². The van der Waals surface area contributed by atoms with Gasteiger partial charge in [-0.25, -0.2) is 9.18 Å². The minimum Gasteiger partial charge on any atom is -0.480 e. The predicted molar refractivity (Wildman–Crippen MR) is 115 cm³/mol. The Morgan fingerprint density at radius 1 is 0.871 bits per heavy atom. The highest BCUT2D eigenvalue weighted by Gasteiger charge is 2.27. The van der Waals surface area contributed by atoms with Crippen molar-refractivity contribution in [2.75, 3.05) is 0 Å². The molecule has 6 nitrogen and oxygen atoms in total. The van der Waals surface area contributed by atoms with Crippen LogP contribution in [0, 0.1) is 5.82 Å². The molecule has 2 atom stereocenters. The van der Waals surface area contributed by atoms with Gasteiger partial charge < -0.3 is 15.7 Å². The number of rotatable bonds is 8. The summed E-state index contributed by atoms with van der Waals surface area (Å²) in [5.74, 6) is -2.87. The number of amides is 2. The smallest absolute Gasteiger partial charge is 0.326 e. The van der Waals surface area contributed by atoms with Gasteiger partial charge in [-0.1, -0.05) is 60.7 Å². The Hall–Kier alpha value is -3.74. The number of nitrogens with one attached hydrogen (secondary N) is 2. The van der Waals surface area contributed by atoms with Crippen LogP contribution in [0.3, 0.4) is 0 Å². The lowest BCUT2D eigenvalue weighted by Crippen LogP contribution is -2.52. The van der Waals surface area contributed by atoms with Crippen LogP contribution < -0.4 is 10.6 Å². The average molecular weight is 422 g/mol. The molecule has 3 aromatic rings. The number of carbonyl (C=O) groups is 3. The fourth-order valence-corrected chi connectivity index (χ4v) is 3.41. The Morgan fingerprint density at radius 2 is 1.55 bits per heavy atom. The van der Waals surface area contributed by atoms with E-state index in [1.165, 1.54) is 25.1 Å². The van der Waals surface area contributed by atoms with E-state index in [0.717, 1.165) is 16.3 Å². The molecule has 0 bridgehead atoms. The third-order valence-corrected chi connectivity index (χ3v) is 4.94. The quantitative estimate of drug-likeness (QED) is 0.520. The van der Waals surface area contributed by atoms with E-state index in [0.29, 0.717) is 0 Å². The van der Waals surface area contributed by atoms with Crippen molar-refractivity contribution in [1.82, 2.24) is 10.6 Å². The molecule has 2 amide bonds. The molecule has 0 saturated heterocycles. The fraction of sp³-hybridized carbons (Fsp3) is 0.208. The van der Waals surface area contributed by atoms with Crippen LogP contribution in [-0.2, 0) is 27.2 Å². The highest BCUT2D eigenvalue weighted by Crippen LogP contribution is 2.17. The zero-order valence-electron chi connectivity index (χ0n) is 17.0. The first-order valence-corrected chi connectivity index (χ1v) is 9.85. The van der Waals surface area contributed by atoms with Gasteiger partial charge in [0.2, 0.25) is 11.8 Å². The molecule has 0 radical (unpaired) electrons. The van der Waals surface area contributed by atoms with Crippen molar-refractivity contribution in [1.29, 1.82) is 0 Å².